The summed E-state index contributed by atoms with van der Waals surface area (Å²) in [5.74, 6) is 0.420. The number of rotatable bonds is 3. The molecule has 0 bridgehead atoms. The lowest BCUT2D eigenvalue weighted by Crippen LogP contribution is -2.05. The molecule has 2 aromatic rings. The number of anilines is 1. The summed E-state index contributed by atoms with van der Waals surface area (Å²) in [6, 6.07) is 10.7. The molecule has 0 radical (unpaired) electrons. The lowest BCUT2D eigenvalue weighted by molar-refractivity contribution is 0.103. The van der Waals surface area contributed by atoms with Gasteiger partial charge in [-0.15, -0.1) is 0 Å². The van der Waals surface area contributed by atoms with E-state index in [-0.39, 0.29) is 5.78 Å². The van der Waals surface area contributed by atoms with Crippen LogP contribution >= 0.6 is 0 Å². The predicted octanol–water partition coefficient (Wildman–Crippen LogP) is 2.54. The number of fused-ring (bicyclic) bond motifs is 1. The minimum absolute atomic E-state index is 0.0726. The van der Waals surface area contributed by atoms with E-state index in [9.17, 15) is 4.79 Å². The molecule has 4 nitrogen and oxygen atoms in total. The molecule has 3 rings (SSSR count). The Morgan fingerprint density at radius 2 is 1.95 bits per heavy atom. The van der Waals surface area contributed by atoms with Gasteiger partial charge in [0, 0.05) is 17.3 Å². The molecule has 0 aromatic heterocycles. The number of carbonyl (C=O) groups excluding carboxylic acids is 1. The van der Waals surface area contributed by atoms with Gasteiger partial charge in [0.15, 0.2) is 5.78 Å². The van der Waals surface area contributed by atoms with E-state index >= 15 is 0 Å². The van der Waals surface area contributed by atoms with Crippen molar-refractivity contribution in [3.63, 3.8) is 0 Å². The van der Waals surface area contributed by atoms with E-state index in [0.29, 0.717) is 35.8 Å². The molecule has 0 unspecified atom stereocenters. The van der Waals surface area contributed by atoms with Gasteiger partial charge in [0.25, 0.3) is 0 Å². The minimum Gasteiger partial charge on any atom is -0.496 e. The normalized spacial score (nSPS) is 13.1. The fourth-order valence-electron chi connectivity index (χ4n) is 2.36. The third-order valence-electron chi connectivity index (χ3n) is 3.45. The minimum atomic E-state index is -0.0726. The van der Waals surface area contributed by atoms with Crippen molar-refractivity contribution in [3.8, 4) is 5.75 Å². The van der Waals surface area contributed by atoms with Crippen molar-refractivity contribution in [1.82, 2.24) is 0 Å². The first-order valence-electron chi connectivity index (χ1n) is 6.37. The van der Waals surface area contributed by atoms with Gasteiger partial charge in [-0.2, -0.15) is 0 Å². The molecule has 1 heterocycles. The number of ketones is 1. The van der Waals surface area contributed by atoms with E-state index in [1.807, 2.05) is 18.2 Å². The van der Waals surface area contributed by atoms with Crippen LogP contribution in [0.3, 0.4) is 0 Å². The van der Waals surface area contributed by atoms with Gasteiger partial charge in [-0.05, 0) is 29.3 Å². The quantitative estimate of drug-likeness (QED) is 0.687. The molecular weight excluding hydrogens is 254 g/mol. The van der Waals surface area contributed by atoms with Crippen LogP contribution in [0.25, 0.3) is 0 Å². The van der Waals surface area contributed by atoms with Crippen LogP contribution in [-0.2, 0) is 18.0 Å². The van der Waals surface area contributed by atoms with Crippen LogP contribution in [-0.4, -0.2) is 12.9 Å². The average molecular weight is 269 g/mol. The molecule has 2 N–H and O–H groups in total. The second kappa shape index (κ2) is 4.98. The molecule has 0 spiro atoms. The molecule has 0 atom stereocenters. The zero-order chi connectivity index (χ0) is 14.1. The lowest BCUT2D eigenvalue weighted by Gasteiger charge is -2.09. The van der Waals surface area contributed by atoms with Crippen LogP contribution in [0.1, 0.15) is 27.0 Å². The van der Waals surface area contributed by atoms with Gasteiger partial charge in [-0.25, -0.2) is 0 Å². The van der Waals surface area contributed by atoms with Gasteiger partial charge < -0.3 is 15.2 Å². The molecule has 102 valence electrons. The number of carbonyl (C=O) groups is 1. The van der Waals surface area contributed by atoms with Crippen LogP contribution in [0.5, 0.6) is 5.75 Å². The molecule has 0 fully saturated rings. The first kappa shape index (κ1) is 12.7. The van der Waals surface area contributed by atoms with E-state index in [1.165, 1.54) is 7.11 Å². The van der Waals surface area contributed by atoms with Gasteiger partial charge in [-0.3, -0.25) is 4.79 Å². The van der Waals surface area contributed by atoms with Crippen molar-refractivity contribution in [3.05, 3.63) is 58.7 Å². The Hall–Kier alpha value is -2.33. The predicted molar refractivity (Wildman–Crippen MR) is 75.8 cm³/mol. The highest BCUT2D eigenvalue weighted by Gasteiger charge is 2.18. The van der Waals surface area contributed by atoms with Crippen molar-refractivity contribution in [2.24, 2.45) is 0 Å². The Bertz CT molecular complexity index is 679. The third-order valence-corrected chi connectivity index (χ3v) is 3.45. The molecular formula is C16H15NO3. The number of ether oxygens (including phenoxy) is 2. The van der Waals surface area contributed by atoms with E-state index < -0.39 is 0 Å². The SMILES string of the molecule is COc1cc(N)ccc1C(=O)c1ccc2c(c1)COC2. The van der Waals surface area contributed by atoms with Crippen LogP contribution in [0, 0.1) is 0 Å². The zero-order valence-corrected chi connectivity index (χ0v) is 11.2. The summed E-state index contributed by atoms with van der Waals surface area (Å²) in [4.78, 5) is 12.6. The molecule has 20 heavy (non-hydrogen) atoms. The Kier molecular flexibility index (Phi) is 3.16. The molecule has 0 aliphatic carbocycles. The maximum absolute atomic E-state index is 12.6. The van der Waals surface area contributed by atoms with Crippen molar-refractivity contribution in [1.29, 1.82) is 0 Å². The Morgan fingerprint density at radius 3 is 2.75 bits per heavy atom. The summed E-state index contributed by atoms with van der Waals surface area (Å²) in [6.07, 6.45) is 0. The second-order valence-corrected chi connectivity index (χ2v) is 4.77. The Morgan fingerprint density at radius 1 is 1.15 bits per heavy atom. The lowest BCUT2D eigenvalue weighted by atomic mass is 9.98. The van der Waals surface area contributed by atoms with Gasteiger partial charge in [0.2, 0.25) is 0 Å². The van der Waals surface area contributed by atoms with Gasteiger partial charge in [0.1, 0.15) is 5.75 Å². The first-order valence-corrected chi connectivity index (χ1v) is 6.37. The topological polar surface area (TPSA) is 61.5 Å². The van der Waals surface area contributed by atoms with E-state index in [4.69, 9.17) is 15.2 Å². The zero-order valence-electron chi connectivity index (χ0n) is 11.2. The molecule has 2 aromatic carbocycles. The van der Waals surface area contributed by atoms with Crippen molar-refractivity contribution in [2.45, 2.75) is 13.2 Å². The smallest absolute Gasteiger partial charge is 0.196 e. The van der Waals surface area contributed by atoms with Crippen molar-refractivity contribution >= 4 is 11.5 Å². The van der Waals surface area contributed by atoms with Crippen molar-refractivity contribution < 1.29 is 14.3 Å². The average Bonchev–Trinajstić information content (AvgIpc) is 2.93. The van der Waals surface area contributed by atoms with E-state index in [1.54, 1.807) is 18.2 Å². The summed E-state index contributed by atoms with van der Waals surface area (Å²) in [7, 11) is 1.53. The van der Waals surface area contributed by atoms with Crippen LogP contribution in [0.2, 0.25) is 0 Å². The first-order chi connectivity index (χ1) is 9.69. The maximum Gasteiger partial charge on any atom is 0.196 e. The molecule has 0 saturated heterocycles. The fraction of sp³-hybridized carbons (Fsp3) is 0.188. The van der Waals surface area contributed by atoms with Gasteiger partial charge in [0.05, 0.1) is 25.9 Å². The summed E-state index contributed by atoms with van der Waals surface area (Å²) < 4.78 is 10.6. The largest absolute Gasteiger partial charge is 0.496 e. The van der Waals surface area contributed by atoms with Crippen LogP contribution in [0.4, 0.5) is 5.69 Å². The number of hydrogen-bond donors (Lipinski definition) is 1. The number of methoxy groups -OCH3 is 1. The highest BCUT2D eigenvalue weighted by atomic mass is 16.5. The van der Waals surface area contributed by atoms with E-state index in [2.05, 4.69) is 0 Å². The monoisotopic (exact) mass is 269 g/mol. The third kappa shape index (κ3) is 2.14. The Labute approximate surface area is 117 Å². The van der Waals surface area contributed by atoms with Crippen LogP contribution in [0.15, 0.2) is 36.4 Å². The highest BCUT2D eigenvalue weighted by Crippen LogP contribution is 2.26. The van der Waals surface area contributed by atoms with Crippen LogP contribution < -0.4 is 10.5 Å². The molecule has 1 aliphatic heterocycles. The second-order valence-electron chi connectivity index (χ2n) is 4.77. The number of hydrogen-bond acceptors (Lipinski definition) is 4. The highest BCUT2D eigenvalue weighted by molar-refractivity contribution is 6.11. The molecule has 1 aliphatic rings. The number of nitrogens with two attached hydrogens (primary N) is 1. The maximum atomic E-state index is 12.6. The molecule has 0 amide bonds. The van der Waals surface area contributed by atoms with Gasteiger partial charge in [-0.1, -0.05) is 12.1 Å². The fourth-order valence-corrected chi connectivity index (χ4v) is 2.36. The summed E-state index contributed by atoms with van der Waals surface area (Å²) >= 11 is 0. The molecule has 0 saturated carbocycles. The summed E-state index contributed by atoms with van der Waals surface area (Å²) in [6.45, 7) is 1.18. The van der Waals surface area contributed by atoms with Crippen molar-refractivity contribution in [2.75, 3.05) is 12.8 Å². The van der Waals surface area contributed by atoms with Gasteiger partial charge >= 0.3 is 0 Å². The van der Waals surface area contributed by atoms with E-state index in [0.717, 1.165) is 11.1 Å². The summed E-state index contributed by atoms with van der Waals surface area (Å²) in [5.41, 5.74) is 9.65. The number of nitrogen functional groups attached to an aromatic ring is 1. The molecule has 4 heteroatoms. The Balaban J connectivity index is 2.00. The number of benzene rings is 2. The standard InChI is InChI=1S/C16H15NO3/c1-19-15-7-13(17)4-5-14(15)16(18)10-2-3-11-8-20-9-12(11)6-10/h2-7H,8-9,17H2,1H3. The summed E-state index contributed by atoms with van der Waals surface area (Å²) in [5, 5.41) is 0.